The van der Waals surface area contributed by atoms with Crippen LogP contribution in [0.1, 0.15) is 32.9 Å². The summed E-state index contributed by atoms with van der Waals surface area (Å²) in [6, 6.07) is -13.4. The summed E-state index contributed by atoms with van der Waals surface area (Å²) in [5.74, 6) is 0. The molecule has 5 heteroatoms. The van der Waals surface area contributed by atoms with Crippen molar-refractivity contribution in [3.63, 3.8) is 0 Å². The largest absolute Gasteiger partial charge is 0.452 e. The lowest BCUT2D eigenvalue weighted by Gasteiger charge is -2.10. The van der Waals surface area contributed by atoms with Gasteiger partial charge in [-0.2, -0.15) is 0 Å². The highest BCUT2D eigenvalue weighted by Gasteiger charge is 2.18. The summed E-state index contributed by atoms with van der Waals surface area (Å²) in [7, 11) is 0. The van der Waals surface area contributed by atoms with Gasteiger partial charge in [-0.1, -0.05) is 103 Å². The number of benzene rings is 7. The van der Waals surface area contributed by atoms with Gasteiger partial charge in [-0.3, -0.25) is 0 Å². The van der Waals surface area contributed by atoms with Crippen LogP contribution in [0.2, 0.25) is 0 Å². The maximum Gasteiger partial charge on any atom is 0.180 e. The SMILES string of the molecule is [2H]c1c([2H])c(-c2ccc3oc4c(-c5c([2H])c([2H])c([2H])c(-n6c7c([2H])c([2H])c([2H])c([2H])c7c7c([2H])c([2H])c([2H])c([2H])c76)c5[2H])ncnc4c3c2)c([2H])c(-n2c3c([2H])c([2H])c([2H])c([2H])c3c3c([2H])c([2H])c([2H])c([2H])c32)c1[2H]. The van der Waals surface area contributed by atoms with Crippen molar-refractivity contribution < 1.29 is 37.3 Å². The molecule has 0 amide bonds. The number of hydrogen-bond donors (Lipinski definition) is 0. The van der Waals surface area contributed by atoms with Crippen molar-refractivity contribution in [2.75, 3.05) is 0 Å². The Bertz CT molecular complexity index is 4390. The van der Waals surface area contributed by atoms with Crippen LogP contribution in [-0.2, 0) is 0 Å². The third kappa shape index (κ3) is 4.15. The van der Waals surface area contributed by atoms with Crippen LogP contribution in [0.15, 0.2) is 174 Å². The molecule has 0 bridgehead atoms. The summed E-state index contributed by atoms with van der Waals surface area (Å²) in [6.07, 6.45) is 1.02. The lowest BCUT2D eigenvalue weighted by molar-refractivity contribution is 0.667. The van der Waals surface area contributed by atoms with Gasteiger partial charge in [0.2, 0.25) is 0 Å². The first-order valence-corrected chi connectivity index (χ1v) is 15.2. The molecule has 0 saturated heterocycles. The van der Waals surface area contributed by atoms with Gasteiger partial charge in [-0.05, 0) is 71.6 Å². The summed E-state index contributed by atoms with van der Waals surface area (Å²) in [4.78, 5) is 8.74. The highest BCUT2D eigenvalue weighted by Crippen LogP contribution is 2.38. The fraction of sp³-hybridized carbons (Fsp3) is 0. The predicted octanol–water partition coefficient (Wildman–Crippen LogP) is 11.9. The molecule has 0 fully saturated rings. The van der Waals surface area contributed by atoms with Crippen LogP contribution >= 0.6 is 0 Å². The van der Waals surface area contributed by atoms with Gasteiger partial charge < -0.3 is 13.6 Å². The van der Waals surface area contributed by atoms with E-state index in [0.29, 0.717) is 0 Å². The molecule has 4 aromatic heterocycles. The Morgan fingerprint density at radius 2 is 0.980 bits per heavy atom. The molecule has 0 radical (unpaired) electrons. The van der Waals surface area contributed by atoms with Gasteiger partial charge in [0.15, 0.2) is 5.58 Å². The zero-order valence-corrected chi connectivity index (χ0v) is 25.5. The standard InChI is InChI=1S/C46H28N4O/c1-5-19-39-34(15-1)35-16-2-6-20-40(35)49(39)32-13-9-11-29(25-32)30-23-24-43-38(27-30)45-46(51-43)44(47-28-48-45)31-12-10-14-33(26-31)50-41-21-7-3-17-36(41)37-18-4-8-22-42(37)50/h1-28H/i1D,2D,3D,4D,5D,6D,7D,8D,9D,10D,11D,12D,13D,14D,15D,16D,17D,18D,19D,20D,21D,22D,25D,26D. The minimum Gasteiger partial charge on any atom is -0.452 e. The minimum absolute atomic E-state index is 0.0188. The van der Waals surface area contributed by atoms with Crippen LogP contribution in [0.25, 0.3) is 99.4 Å². The lowest BCUT2D eigenvalue weighted by atomic mass is 10.0. The number of furan rings is 1. The normalized spacial score (nSPS) is 18.5. The first-order chi connectivity index (χ1) is 35.3. The molecule has 7 aromatic carbocycles. The van der Waals surface area contributed by atoms with Crippen molar-refractivity contribution in [3.05, 3.63) is 170 Å². The van der Waals surface area contributed by atoms with Crippen molar-refractivity contribution in [3.8, 4) is 33.8 Å². The van der Waals surface area contributed by atoms with E-state index in [1.807, 2.05) is 0 Å². The van der Waals surface area contributed by atoms with Gasteiger partial charge in [-0.25, -0.2) is 9.97 Å². The Morgan fingerprint density at radius 1 is 0.471 bits per heavy atom. The molecule has 0 saturated carbocycles. The summed E-state index contributed by atoms with van der Waals surface area (Å²) in [5.41, 5.74) is -4.10. The van der Waals surface area contributed by atoms with Crippen molar-refractivity contribution in [1.29, 1.82) is 0 Å². The lowest BCUT2D eigenvalue weighted by Crippen LogP contribution is -1.95. The zero-order valence-electron chi connectivity index (χ0n) is 49.5. The van der Waals surface area contributed by atoms with Gasteiger partial charge in [0.05, 0.1) is 55.0 Å². The molecule has 4 heterocycles. The molecule has 11 rings (SSSR count). The topological polar surface area (TPSA) is 48.8 Å². The van der Waals surface area contributed by atoms with E-state index in [2.05, 4.69) is 9.97 Å². The van der Waals surface area contributed by atoms with Crippen LogP contribution in [0.3, 0.4) is 0 Å². The molecule has 0 atom stereocenters. The minimum atomic E-state index is -0.822. The molecule has 0 unspecified atom stereocenters. The van der Waals surface area contributed by atoms with E-state index in [4.69, 9.17) is 34.6 Å². The number of hydrogen-bond acceptors (Lipinski definition) is 3. The van der Waals surface area contributed by atoms with Crippen molar-refractivity contribution >= 4 is 65.7 Å². The highest BCUT2D eigenvalue weighted by molar-refractivity contribution is 6.11. The second-order valence-corrected chi connectivity index (χ2v) is 11.2. The summed E-state index contributed by atoms with van der Waals surface area (Å²) in [6.45, 7) is 0. The number of rotatable bonds is 4. The van der Waals surface area contributed by atoms with Crippen LogP contribution in [0.4, 0.5) is 0 Å². The molecule has 0 aliphatic carbocycles. The molecule has 0 N–H and O–H groups in total. The van der Waals surface area contributed by atoms with Crippen LogP contribution in [-0.4, -0.2) is 19.1 Å². The van der Waals surface area contributed by atoms with E-state index in [9.17, 15) is 2.74 Å². The molecule has 11 aromatic rings. The first kappa shape index (κ1) is 13.4. The molecule has 0 spiro atoms. The molecule has 0 aliphatic rings. The molecule has 5 nitrogen and oxygen atoms in total. The number of nitrogens with zero attached hydrogens (tertiary/aromatic N) is 4. The Hall–Kier alpha value is -6.98. The fourth-order valence-corrected chi connectivity index (χ4v) is 6.35. The predicted molar refractivity (Wildman–Crippen MR) is 209 cm³/mol. The van der Waals surface area contributed by atoms with Gasteiger partial charge >= 0.3 is 0 Å². The number of fused-ring (bicyclic) bond motifs is 9. The van der Waals surface area contributed by atoms with Crippen molar-refractivity contribution in [1.82, 2.24) is 19.1 Å². The molecule has 51 heavy (non-hydrogen) atoms. The van der Waals surface area contributed by atoms with Crippen molar-refractivity contribution in [2.24, 2.45) is 0 Å². The Balaban J connectivity index is 1.18. The maximum absolute atomic E-state index is 9.65. The average molecular weight is 677 g/mol. The smallest absolute Gasteiger partial charge is 0.180 e. The number of para-hydroxylation sites is 4. The molecule has 0 aliphatic heterocycles. The van der Waals surface area contributed by atoms with E-state index < -0.39 is 184 Å². The quantitative estimate of drug-likeness (QED) is 0.186. The Morgan fingerprint density at radius 3 is 1.55 bits per heavy atom. The van der Waals surface area contributed by atoms with E-state index in [1.165, 1.54) is 18.2 Å². The first-order valence-electron chi connectivity index (χ1n) is 27.2. The molecular weight excluding hydrogens is 625 g/mol. The van der Waals surface area contributed by atoms with Crippen LogP contribution in [0, 0.1) is 0 Å². The van der Waals surface area contributed by atoms with E-state index >= 15 is 0 Å². The third-order valence-electron chi connectivity index (χ3n) is 8.51. The molecule has 238 valence electrons. The van der Waals surface area contributed by atoms with Gasteiger partial charge in [0.1, 0.15) is 23.1 Å². The van der Waals surface area contributed by atoms with E-state index in [-0.39, 0.29) is 60.4 Å². The van der Waals surface area contributed by atoms with Crippen LogP contribution in [0.5, 0.6) is 0 Å². The molecular formula is C46H28N4O. The van der Waals surface area contributed by atoms with Gasteiger partial charge in [0, 0.05) is 43.9 Å². The maximum atomic E-state index is 9.65. The van der Waals surface area contributed by atoms with Crippen molar-refractivity contribution in [2.45, 2.75) is 0 Å². The second-order valence-electron chi connectivity index (χ2n) is 11.2. The van der Waals surface area contributed by atoms with E-state index in [1.54, 1.807) is 0 Å². The Labute approximate surface area is 326 Å². The van der Waals surface area contributed by atoms with Crippen LogP contribution < -0.4 is 0 Å². The third-order valence-corrected chi connectivity index (χ3v) is 8.51. The summed E-state index contributed by atoms with van der Waals surface area (Å²) >= 11 is 0. The number of aromatic nitrogens is 4. The fourth-order valence-electron chi connectivity index (χ4n) is 6.35. The van der Waals surface area contributed by atoms with Gasteiger partial charge in [-0.15, -0.1) is 0 Å². The summed E-state index contributed by atoms with van der Waals surface area (Å²) < 4.78 is 220. The zero-order chi connectivity index (χ0) is 54.4. The average Bonchev–Trinajstić information content (AvgIpc) is 4.06. The van der Waals surface area contributed by atoms with Gasteiger partial charge in [0.25, 0.3) is 0 Å². The van der Waals surface area contributed by atoms with E-state index in [0.717, 1.165) is 15.5 Å². The second kappa shape index (κ2) is 10.8. The Kier molecular flexibility index (Phi) is 2.82. The monoisotopic (exact) mass is 676 g/mol. The highest BCUT2D eigenvalue weighted by atomic mass is 16.3. The summed E-state index contributed by atoms with van der Waals surface area (Å²) in [5, 5.41) is -1.24.